The first kappa shape index (κ1) is 21.8. The molecule has 8 heteroatoms. The Hall–Kier alpha value is -2.87. The minimum Gasteiger partial charge on any atom is -0.378 e. The first-order valence-corrected chi connectivity index (χ1v) is 11.4. The van der Waals surface area contributed by atoms with Gasteiger partial charge in [0.2, 0.25) is 5.91 Å². The predicted molar refractivity (Wildman–Crippen MR) is 119 cm³/mol. The van der Waals surface area contributed by atoms with Gasteiger partial charge in [0.05, 0.1) is 4.90 Å². The van der Waals surface area contributed by atoms with Crippen molar-refractivity contribution in [3.63, 3.8) is 0 Å². The van der Waals surface area contributed by atoms with Crippen LogP contribution in [0.2, 0.25) is 0 Å². The van der Waals surface area contributed by atoms with Gasteiger partial charge in [-0.1, -0.05) is 44.5 Å². The van der Waals surface area contributed by atoms with Crippen LogP contribution in [0, 0.1) is 5.92 Å². The maximum absolute atomic E-state index is 12.9. The Bertz CT molecular complexity index is 1050. The lowest BCUT2D eigenvalue weighted by Gasteiger charge is -2.19. The van der Waals surface area contributed by atoms with Crippen LogP contribution in [0.1, 0.15) is 31.4 Å². The van der Waals surface area contributed by atoms with E-state index >= 15 is 0 Å². The summed E-state index contributed by atoms with van der Waals surface area (Å²) in [4.78, 5) is 19.7. The average molecular weight is 429 g/mol. The molecule has 2 aromatic carbocycles. The molecule has 1 amide bonds. The van der Waals surface area contributed by atoms with E-state index in [2.05, 4.69) is 15.0 Å². The Morgan fingerprint density at radius 3 is 2.43 bits per heavy atom. The van der Waals surface area contributed by atoms with Crippen molar-refractivity contribution in [2.45, 2.75) is 37.8 Å². The van der Waals surface area contributed by atoms with Crippen molar-refractivity contribution < 1.29 is 13.2 Å². The Balaban J connectivity index is 1.79. The number of carbonyl (C=O) groups excluding carboxylic acids is 1. The van der Waals surface area contributed by atoms with E-state index in [1.807, 2.05) is 57.1 Å². The van der Waals surface area contributed by atoms with Gasteiger partial charge in [0.25, 0.3) is 10.0 Å². The van der Waals surface area contributed by atoms with Crippen molar-refractivity contribution >= 4 is 27.5 Å². The number of hydrogen-bond donors (Lipinski definition) is 2. The van der Waals surface area contributed by atoms with Crippen LogP contribution in [-0.4, -0.2) is 40.3 Å². The van der Waals surface area contributed by atoms with Crippen molar-refractivity contribution in [1.82, 2.24) is 10.0 Å². The van der Waals surface area contributed by atoms with Gasteiger partial charge in [0.15, 0.2) is 0 Å². The monoisotopic (exact) mass is 428 g/mol. The molecule has 0 saturated carbocycles. The maximum Gasteiger partial charge on any atom is 0.263 e. The standard InChI is InChI=1S/C22H28N4O3S/c1-5-15(2)20(22(27)23-14-16-10-12-17(13-11-16)26(3)4)24-21-18-8-6-7-9-19(18)30(28,29)25-21/h6-13,15,20H,5,14H2,1-4H3,(H,23,27)(H,24,25)/t15-,20-/m0/s1. The molecular formula is C22H28N4O3S. The zero-order chi connectivity index (χ0) is 21.9. The Morgan fingerprint density at radius 2 is 1.80 bits per heavy atom. The van der Waals surface area contributed by atoms with Gasteiger partial charge >= 0.3 is 0 Å². The quantitative estimate of drug-likeness (QED) is 0.709. The van der Waals surface area contributed by atoms with Crippen LogP contribution in [0.15, 0.2) is 58.4 Å². The summed E-state index contributed by atoms with van der Waals surface area (Å²) in [5.41, 5.74) is 2.57. The lowest BCUT2D eigenvalue weighted by molar-refractivity contribution is -0.123. The Morgan fingerprint density at radius 1 is 1.13 bits per heavy atom. The fourth-order valence-electron chi connectivity index (χ4n) is 3.24. The molecule has 0 saturated heterocycles. The number of hydrogen-bond acceptors (Lipinski definition) is 5. The highest BCUT2D eigenvalue weighted by Crippen LogP contribution is 2.24. The van der Waals surface area contributed by atoms with E-state index in [0.29, 0.717) is 12.1 Å². The van der Waals surface area contributed by atoms with Gasteiger partial charge in [-0.15, -0.1) is 0 Å². The van der Waals surface area contributed by atoms with Gasteiger partial charge in [-0.25, -0.2) is 8.42 Å². The average Bonchev–Trinajstić information content (AvgIpc) is 3.00. The number of fused-ring (bicyclic) bond motifs is 1. The second-order valence-corrected chi connectivity index (χ2v) is 9.34. The van der Waals surface area contributed by atoms with E-state index in [-0.39, 0.29) is 22.6 Å². The molecule has 0 fully saturated rings. The highest BCUT2D eigenvalue weighted by Gasteiger charge is 2.33. The van der Waals surface area contributed by atoms with Gasteiger partial charge in [0, 0.05) is 31.9 Å². The number of rotatable bonds is 7. The van der Waals surface area contributed by atoms with Crippen LogP contribution in [0.3, 0.4) is 0 Å². The first-order chi connectivity index (χ1) is 14.2. The first-order valence-electron chi connectivity index (χ1n) is 9.97. The van der Waals surface area contributed by atoms with Gasteiger partial charge in [-0.3, -0.25) is 14.5 Å². The molecule has 2 aromatic rings. The highest BCUT2D eigenvalue weighted by atomic mass is 32.2. The van der Waals surface area contributed by atoms with Crippen LogP contribution in [-0.2, 0) is 21.4 Å². The molecule has 30 heavy (non-hydrogen) atoms. The molecule has 160 valence electrons. The number of aliphatic imine (C=N–C) groups is 1. The number of amidine groups is 1. The fraction of sp³-hybridized carbons (Fsp3) is 0.364. The van der Waals surface area contributed by atoms with E-state index in [0.717, 1.165) is 17.7 Å². The summed E-state index contributed by atoms with van der Waals surface area (Å²) in [6.07, 6.45) is 0.737. The molecule has 1 aliphatic rings. The molecule has 7 nitrogen and oxygen atoms in total. The van der Waals surface area contributed by atoms with E-state index in [1.54, 1.807) is 18.2 Å². The topological polar surface area (TPSA) is 90.9 Å². The maximum atomic E-state index is 12.9. The molecule has 0 spiro atoms. The highest BCUT2D eigenvalue weighted by molar-refractivity contribution is 7.90. The van der Waals surface area contributed by atoms with Crippen molar-refractivity contribution in [2.75, 3.05) is 19.0 Å². The zero-order valence-electron chi connectivity index (χ0n) is 17.7. The van der Waals surface area contributed by atoms with Crippen molar-refractivity contribution in [1.29, 1.82) is 0 Å². The number of benzene rings is 2. The fourth-order valence-corrected chi connectivity index (χ4v) is 4.48. The number of carbonyl (C=O) groups is 1. The van der Waals surface area contributed by atoms with Crippen molar-refractivity contribution in [3.8, 4) is 0 Å². The molecule has 0 radical (unpaired) electrons. The summed E-state index contributed by atoms with van der Waals surface area (Å²) in [5.74, 6) is -0.0515. The SMILES string of the molecule is CC[C@H](C)[C@H](N=C1NS(=O)(=O)c2ccccc21)C(=O)NCc1ccc(N(C)C)cc1. The molecule has 0 aliphatic carbocycles. The summed E-state index contributed by atoms with van der Waals surface area (Å²) >= 11 is 0. The lowest BCUT2D eigenvalue weighted by atomic mass is 9.98. The minimum atomic E-state index is -3.64. The minimum absolute atomic E-state index is 0.0501. The third-order valence-electron chi connectivity index (χ3n) is 5.30. The van der Waals surface area contributed by atoms with Crippen molar-refractivity contribution in [3.05, 3.63) is 59.7 Å². The second-order valence-electron chi connectivity index (χ2n) is 7.69. The van der Waals surface area contributed by atoms with Crippen LogP contribution in [0.4, 0.5) is 5.69 Å². The van der Waals surface area contributed by atoms with Crippen LogP contribution in [0.25, 0.3) is 0 Å². The van der Waals surface area contributed by atoms with Crippen LogP contribution < -0.4 is 14.9 Å². The van der Waals surface area contributed by atoms with Gasteiger partial charge in [-0.05, 0) is 35.7 Å². The van der Waals surface area contributed by atoms with Crippen molar-refractivity contribution in [2.24, 2.45) is 10.9 Å². The second kappa shape index (κ2) is 8.87. The molecule has 3 rings (SSSR count). The van der Waals surface area contributed by atoms with E-state index in [1.165, 1.54) is 6.07 Å². The summed E-state index contributed by atoms with van der Waals surface area (Å²) < 4.78 is 27.2. The third kappa shape index (κ3) is 4.64. The zero-order valence-corrected chi connectivity index (χ0v) is 18.5. The lowest BCUT2D eigenvalue weighted by Crippen LogP contribution is -2.38. The number of sulfonamides is 1. The molecule has 0 bridgehead atoms. The summed E-state index contributed by atoms with van der Waals surface area (Å²) in [6, 6.07) is 13.9. The molecular weight excluding hydrogens is 400 g/mol. The summed E-state index contributed by atoms with van der Waals surface area (Å²) in [5, 5.41) is 2.94. The molecule has 2 N–H and O–H groups in total. The Kier molecular flexibility index (Phi) is 6.45. The molecule has 2 atom stereocenters. The van der Waals surface area contributed by atoms with Crippen LogP contribution >= 0.6 is 0 Å². The molecule has 0 aromatic heterocycles. The molecule has 1 aliphatic heterocycles. The summed E-state index contributed by atoms with van der Waals surface area (Å²) in [6.45, 7) is 4.31. The predicted octanol–water partition coefficient (Wildman–Crippen LogP) is 2.52. The number of nitrogens with one attached hydrogen (secondary N) is 2. The third-order valence-corrected chi connectivity index (χ3v) is 6.70. The van der Waals surface area contributed by atoms with Gasteiger partial charge in [0.1, 0.15) is 11.9 Å². The van der Waals surface area contributed by atoms with E-state index in [4.69, 9.17) is 0 Å². The van der Waals surface area contributed by atoms with Crippen LogP contribution in [0.5, 0.6) is 0 Å². The van der Waals surface area contributed by atoms with E-state index < -0.39 is 16.1 Å². The smallest absolute Gasteiger partial charge is 0.263 e. The Labute approximate surface area is 178 Å². The largest absolute Gasteiger partial charge is 0.378 e. The number of amides is 1. The van der Waals surface area contributed by atoms with Gasteiger partial charge in [-0.2, -0.15) is 0 Å². The normalized spacial score (nSPS) is 17.7. The molecule has 1 heterocycles. The number of nitrogens with zero attached hydrogens (tertiary/aromatic N) is 2. The van der Waals surface area contributed by atoms with E-state index in [9.17, 15) is 13.2 Å². The summed E-state index contributed by atoms with van der Waals surface area (Å²) in [7, 11) is 0.307. The molecule has 0 unspecified atom stereocenters. The number of anilines is 1. The van der Waals surface area contributed by atoms with Gasteiger partial charge < -0.3 is 10.2 Å².